The third-order valence-corrected chi connectivity index (χ3v) is 4.19. The van der Waals surface area contributed by atoms with Gasteiger partial charge in [-0.05, 0) is 43.0 Å². The van der Waals surface area contributed by atoms with E-state index in [2.05, 4.69) is 0 Å². The molecule has 1 fully saturated rings. The minimum absolute atomic E-state index is 0. The van der Waals surface area contributed by atoms with Gasteiger partial charge in [0.25, 0.3) is 0 Å². The second kappa shape index (κ2) is 10.4. The molecule has 0 spiro atoms. The summed E-state index contributed by atoms with van der Waals surface area (Å²) in [5.41, 5.74) is 6.11. The number of rotatable bonds is 7. The number of hydrogen-bond donors (Lipinski definition) is 1. The van der Waals surface area contributed by atoms with E-state index >= 15 is 0 Å². The van der Waals surface area contributed by atoms with E-state index in [0.717, 1.165) is 24.3 Å². The van der Waals surface area contributed by atoms with Crippen molar-refractivity contribution in [2.75, 3.05) is 40.5 Å². The van der Waals surface area contributed by atoms with Crippen LogP contribution in [0.1, 0.15) is 12.8 Å². The van der Waals surface area contributed by atoms with E-state index in [1.807, 2.05) is 24.3 Å². The summed E-state index contributed by atoms with van der Waals surface area (Å²) in [5.74, 6) is 1.71. The van der Waals surface area contributed by atoms with Crippen LogP contribution in [-0.2, 0) is 9.53 Å². The number of ether oxygens (including phenoxy) is 3. The van der Waals surface area contributed by atoms with Crippen LogP contribution in [0.3, 0.4) is 0 Å². The first kappa shape index (κ1) is 20.5. The molecule has 1 amide bonds. The van der Waals surface area contributed by atoms with Crippen molar-refractivity contribution in [2.45, 2.75) is 18.9 Å². The average Bonchev–Trinajstić information content (AvgIpc) is 2.61. The molecule has 0 aromatic heterocycles. The largest absolute Gasteiger partial charge is 0.497 e. The van der Waals surface area contributed by atoms with Gasteiger partial charge in [-0.3, -0.25) is 4.79 Å². The lowest BCUT2D eigenvalue weighted by Gasteiger charge is -2.29. The second-order valence-corrected chi connectivity index (χ2v) is 5.76. The quantitative estimate of drug-likeness (QED) is 0.803. The molecule has 1 saturated heterocycles. The van der Waals surface area contributed by atoms with E-state index in [1.165, 1.54) is 0 Å². The van der Waals surface area contributed by atoms with Gasteiger partial charge in [-0.2, -0.15) is 0 Å². The molecule has 1 atom stereocenters. The minimum Gasteiger partial charge on any atom is -0.497 e. The molecule has 0 aliphatic carbocycles. The maximum Gasteiger partial charge on any atom is 0.239 e. The fraction of sp³-hybridized carbons (Fsp3) is 0.588. The Labute approximate surface area is 149 Å². The smallest absolute Gasteiger partial charge is 0.239 e. The van der Waals surface area contributed by atoms with Crippen molar-refractivity contribution in [1.29, 1.82) is 0 Å². The zero-order chi connectivity index (χ0) is 16.7. The Morgan fingerprint density at radius 1 is 1.29 bits per heavy atom. The number of nitrogens with zero attached hydrogens (tertiary/aromatic N) is 1. The fourth-order valence-corrected chi connectivity index (χ4v) is 2.61. The van der Waals surface area contributed by atoms with Crippen molar-refractivity contribution < 1.29 is 19.0 Å². The van der Waals surface area contributed by atoms with E-state index in [9.17, 15) is 4.79 Å². The number of benzene rings is 1. The summed E-state index contributed by atoms with van der Waals surface area (Å²) in [6.07, 6.45) is 1.70. The predicted molar refractivity (Wildman–Crippen MR) is 94.9 cm³/mol. The topological polar surface area (TPSA) is 74.0 Å². The number of methoxy groups -OCH3 is 1. The van der Waals surface area contributed by atoms with Crippen molar-refractivity contribution in [1.82, 2.24) is 4.90 Å². The Morgan fingerprint density at radius 3 is 2.46 bits per heavy atom. The Morgan fingerprint density at radius 2 is 1.88 bits per heavy atom. The van der Waals surface area contributed by atoms with E-state index in [1.54, 1.807) is 19.1 Å². The van der Waals surface area contributed by atoms with Gasteiger partial charge in [0.15, 0.2) is 0 Å². The third kappa shape index (κ3) is 5.85. The van der Waals surface area contributed by atoms with E-state index in [-0.39, 0.29) is 24.2 Å². The van der Waals surface area contributed by atoms with Gasteiger partial charge >= 0.3 is 0 Å². The van der Waals surface area contributed by atoms with Crippen molar-refractivity contribution in [3.05, 3.63) is 24.3 Å². The highest BCUT2D eigenvalue weighted by Crippen LogP contribution is 2.19. The molecular formula is C17H27ClN2O4. The van der Waals surface area contributed by atoms with Gasteiger partial charge < -0.3 is 24.8 Å². The summed E-state index contributed by atoms with van der Waals surface area (Å²) in [6.45, 7) is 2.31. The van der Waals surface area contributed by atoms with E-state index in [0.29, 0.717) is 26.4 Å². The molecule has 24 heavy (non-hydrogen) atoms. The number of carbonyl (C=O) groups excluding carboxylic acids is 1. The molecule has 2 rings (SSSR count). The Hall–Kier alpha value is -1.50. The summed E-state index contributed by atoms with van der Waals surface area (Å²) in [5, 5.41) is 0. The van der Waals surface area contributed by atoms with Gasteiger partial charge in [-0.15, -0.1) is 12.4 Å². The van der Waals surface area contributed by atoms with Crippen LogP contribution in [0.2, 0.25) is 0 Å². The maximum absolute atomic E-state index is 12.4. The number of halogens is 1. The summed E-state index contributed by atoms with van der Waals surface area (Å²) in [4.78, 5) is 14.0. The van der Waals surface area contributed by atoms with Crippen LogP contribution in [0.5, 0.6) is 11.5 Å². The Kier molecular flexibility index (Phi) is 8.89. The number of likely N-dealkylation sites (N-methyl/N-ethyl adjacent to an activating group) is 1. The van der Waals surface area contributed by atoms with Crippen molar-refractivity contribution in [2.24, 2.45) is 11.7 Å². The molecule has 2 N–H and O–H groups in total. The summed E-state index contributed by atoms with van der Waals surface area (Å²) >= 11 is 0. The highest BCUT2D eigenvalue weighted by atomic mass is 35.5. The van der Waals surface area contributed by atoms with Crippen molar-refractivity contribution in [3.8, 4) is 11.5 Å². The summed E-state index contributed by atoms with van der Waals surface area (Å²) in [7, 11) is 3.39. The first-order valence-electron chi connectivity index (χ1n) is 7.97. The molecule has 6 nitrogen and oxygen atoms in total. The lowest BCUT2D eigenvalue weighted by molar-refractivity contribution is -0.133. The zero-order valence-electron chi connectivity index (χ0n) is 14.3. The number of hydrogen-bond acceptors (Lipinski definition) is 5. The van der Waals surface area contributed by atoms with Gasteiger partial charge in [-0.25, -0.2) is 0 Å². The van der Waals surface area contributed by atoms with Crippen LogP contribution in [0, 0.1) is 5.92 Å². The SMILES string of the molecule is COc1ccc(OCCN(C)C(=O)C(N)C2CCOCC2)cc1.Cl. The minimum atomic E-state index is -0.454. The molecule has 1 aliphatic heterocycles. The van der Waals surface area contributed by atoms with Crippen molar-refractivity contribution >= 4 is 18.3 Å². The zero-order valence-corrected chi connectivity index (χ0v) is 15.1. The normalized spacial score (nSPS) is 16.0. The van der Waals surface area contributed by atoms with Gasteiger partial charge in [-0.1, -0.05) is 0 Å². The molecule has 1 aromatic carbocycles. The Balaban J connectivity index is 0.00000288. The molecule has 7 heteroatoms. The molecule has 0 bridgehead atoms. The van der Waals surface area contributed by atoms with E-state index in [4.69, 9.17) is 19.9 Å². The first-order chi connectivity index (χ1) is 11.1. The van der Waals surface area contributed by atoms with Gasteiger partial charge in [0.1, 0.15) is 18.1 Å². The molecule has 0 saturated carbocycles. The van der Waals surface area contributed by atoms with Crippen LogP contribution in [-0.4, -0.2) is 57.4 Å². The molecule has 136 valence electrons. The van der Waals surface area contributed by atoms with Gasteiger partial charge in [0.2, 0.25) is 5.91 Å². The standard InChI is InChI=1S/C17H26N2O4.ClH/c1-19(17(20)16(18)13-7-10-22-11-8-13)9-12-23-15-5-3-14(21-2)4-6-15;/h3-6,13,16H,7-12,18H2,1-2H3;1H. The molecule has 0 radical (unpaired) electrons. The highest BCUT2D eigenvalue weighted by Gasteiger charge is 2.28. The number of carbonyl (C=O) groups is 1. The molecular weight excluding hydrogens is 332 g/mol. The second-order valence-electron chi connectivity index (χ2n) is 5.76. The maximum atomic E-state index is 12.4. The number of nitrogens with two attached hydrogens (primary N) is 1. The third-order valence-electron chi connectivity index (χ3n) is 4.19. The highest BCUT2D eigenvalue weighted by molar-refractivity contribution is 5.85. The average molecular weight is 359 g/mol. The van der Waals surface area contributed by atoms with Crippen LogP contribution in [0.4, 0.5) is 0 Å². The molecule has 1 heterocycles. The van der Waals surface area contributed by atoms with Crippen molar-refractivity contribution in [3.63, 3.8) is 0 Å². The lowest BCUT2D eigenvalue weighted by atomic mass is 9.91. The fourth-order valence-electron chi connectivity index (χ4n) is 2.61. The predicted octanol–water partition coefficient (Wildman–Crippen LogP) is 1.71. The Bertz CT molecular complexity index is 492. The van der Waals surface area contributed by atoms with Crippen LogP contribution in [0.25, 0.3) is 0 Å². The summed E-state index contributed by atoms with van der Waals surface area (Å²) < 4.78 is 16.0. The van der Waals surface area contributed by atoms with Gasteiger partial charge in [0, 0.05) is 20.3 Å². The molecule has 1 aliphatic rings. The first-order valence-corrected chi connectivity index (χ1v) is 7.97. The number of amides is 1. The van der Waals surface area contributed by atoms with Crippen LogP contribution >= 0.6 is 12.4 Å². The molecule has 1 unspecified atom stereocenters. The van der Waals surface area contributed by atoms with Gasteiger partial charge in [0.05, 0.1) is 19.7 Å². The molecule has 1 aromatic rings. The van der Waals surface area contributed by atoms with Crippen LogP contribution < -0.4 is 15.2 Å². The lowest BCUT2D eigenvalue weighted by Crippen LogP contribution is -2.48. The van der Waals surface area contributed by atoms with Crippen LogP contribution in [0.15, 0.2) is 24.3 Å². The monoisotopic (exact) mass is 358 g/mol. The van der Waals surface area contributed by atoms with E-state index < -0.39 is 6.04 Å². The summed E-state index contributed by atoms with van der Waals surface area (Å²) in [6, 6.07) is 6.91.